The summed E-state index contributed by atoms with van der Waals surface area (Å²) in [6.07, 6.45) is 3.89. The fraction of sp³-hybridized carbons (Fsp3) is 0.429. The van der Waals surface area contributed by atoms with Gasteiger partial charge in [0.05, 0.1) is 11.1 Å². The van der Waals surface area contributed by atoms with E-state index in [0.717, 1.165) is 12.8 Å². The van der Waals surface area contributed by atoms with Crippen LogP contribution < -0.4 is 0 Å². The van der Waals surface area contributed by atoms with Gasteiger partial charge in [0, 0.05) is 23.0 Å². The van der Waals surface area contributed by atoms with Crippen molar-refractivity contribution in [2.24, 2.45) is 11.8 Å². The predicted molar refractivity (Wildman–Crippen MR) is 95.3 cm³/mol. The number of carbonyl (C=O) groups excluding carboxylic acids is 2. The van der Waals surface area contributed by atoms with E-state index in [2.05, 4.69) is 6.08 Å². The molecule has 1 aromatic carbocycles. The molecule has 3 aliphatic rings. The number of hydrogen-bond acceptors (Lipinski definition) is 5. The Bertz CT molecular complexity index is 932. The average molecular weight is 354 g/mol. The van der Waals surface area contributed by atoms with Crippen molar-refractivity contribution in [3.63, 3.8) is 0 Å². The van der Waals surface area contributed by atoms with Crippen molar-refractivity contribution < 1.29 is 24.5 Å². The summed E-state index contributed by atoms with van der Waals surface area (Å²) in [5.41, 5.74) is 1.11. The first-order valence-corrected chi connectivity index (χ1v) is 8.89. The minimum Gasteiger partial charge on any atom is -0.508 e. The van der Waals surface area contributed by atoms with E-state index in [0.29, 0.717) is 5.57 Å². The highest BCUT2D eigenvalue weighted by molar-refractivity contribution is 6.28. The Kier molecular flexibility index (Phi) is 3.39. The maximum atomic E-state index is 13.2. The molecule has 1 aliphatic heterocycles. The molecule has 5 heteroatoms. The van der Waals surface area contributed by atoms with Gasteiger partial charge in [-0.2, -0.15) is 0 Å². The Balaban J connectivity index is 1.98. The molecule has 5 nitrogen and oxygen atoms in total. The molecule has 0 saturated carbocycles. The van der Waals surface area contributed by atoms with Crippen LogP contribution in [0.5, 0.6) is 11.5 Å². The molecule has 2 aliphatic carbocycles. The van der Waals surface area contributed by atoms with Crippen molar-refractivity contribution in [2.45, 2.75) is 46.1 Å². The van der Waals surface area contributed by atoms with Gasteiger partial charge in [-0.05, 0) is 46.6 Å². The molecule has 0 bridgehead atoms. The van der Waals surface area contributed by atoms with Crippen LogP contribution in [-0.4, -0.2) is 27.4 Å². The highest BCUT2D eigenvalue weighted by atomic mass is 16.5. The molecule has 1 heterocycles. The maximum absolute atomic E-state index is 13.2. The molecule has 2 N–H and O–H groups in total. The Morgan fingerprint density at radius 2 is 1.85 bits per heavy atom. The first-order chi connectivity index (χ1) is 12.1. The van der Waals surface area contributed by atoms with Crippen LogP contribution in [0.4, 0.5) is 0 Å². The van der Waals surface area contributed by atoms with Crippen molar-refractivity contribution in [3.05, 3.63) is 45.7 Å². The number of allylic oxidation sites excluding steroid dienone is 4. The lowest BCUT2D eigenvalue weighted by Crippen LogP contribution is -2.48. The van der Waals surface area contributed by atoms with Crippen LogP contribution in [0, 0.1) is 18.8 Å². The zero-order valence-electron chi connectivity index (χ0n) is 15.3. The zero-order chi connectivity index (χ0) is 19.0. The molecular formula is C21H22O5. The van der Waals surface area contributed by atoms with Gasteiger partial charge in [-0.1, -0.05) is 11.6 Å². The van der Waals surface area contributed by atoms with Crippen molar-refractivity contribution in [3.8, 4) is 11.5 Å². The number of phenolic OH excluding ortho intramolecular Hbond substituents is 2. The van der Waals surface area contributed by atoms with Gasteiger partial charge in [-0.25, -0.2) is 0 Å². The molecule has 1 aromatic rings. The van der Waals surface area contributed by atoms with Gasteiger partial charge in [-0.3, -0.25) is 9.59 Å². The van der Waals surface area contributed by atoms with Crippen LogP contribution in [-0.2, 0) is 4.74 Å². The smallest absolute Gasteiger partial charge is 0.232 e. The van der Waals surface area contributed by atoms with Crippen LogP contribution >= 0.6 is 0 Å². The lowest BCUT2D eigenvalue weighted by Gasteiger charge is -2.47. The van der Waals surface area contributed by atoms with Crippen LogP contribution in [0.15, 0.2) is 29.0 Å². The van der Waals surface area contributed by atoms with E-state index in [1.807, 2.05) is 20.8 Å². The number of Topliss-reactive ketones (excluding diaryl/α,β-unsaturated/α-hetero) is 2. The first kappa shape index (κ1) is 16.9. The normalized spacial score (nSPS) is 26.5. The van der Waals surface area contributed by atoms with Crippen molar-refractivity contribution in [1.82, 2.24) is 0 Å². The number of aromatic hydroxyl groups is 2. The summed E-state index contributed by atoms with van der Waals surface area (Å²) in [5.74, 6) is -1.46. The molecule has 0 saturated heterocycles. The quantitative estimate of drug-likeness (QED) is 0.692. The molecule has 2 atom stereocenters. The van der Waals surface area contributed by atoms with Gasteiger partial charge >= 0.3 is 0 Å². The lowest BCUT2D eigenvalue weighted by atomic mass is 9.65. The third-order valence-electron chi connectivity index (χ3n) is 6.03. The molecule has 0 spiro atoms. The summed E-state index contributed by atoms with van der Waals surface area (Å²) in [5, 5.41) is 20.4. The van der Waals surface area contributed by atoms with Crippen LogP contribution in [0.25, 0.3) is 0 Å². The largest absolute Gasteiger partial charge is 0.508 e. The first-order valence-electron chi connectivity index (χ1n) is 8.89. The highest BCUT2D eigenvalue weighted by Crippen LogP contribution is 2.51. The molecule has 26 heavy (non-hydrogen) atoms. The minimum atomic E-state index is -0.588. The number of phenols is 2. The van der Waals surface area contributed by atoms with E-state index in [4.69, 9.17) is 4.74 Å². The second-order valence-electron chi connectivity index (χ2n) is 8.08. The minimum absolute atomic E-state index is 0.0417. The third-order valence-corrected chi connectivity index (χ3v) is 6.03. The Morgan fingerprint density at radius 1 is 1.15 bits per heavy atom. The second kappa shape index (κ2) is 5.22. The molecular weight excluding hydrogens is 332 g/mol. The van der Waals surface area contributed by atoms with Gasteiger partial charge in [0.25, 0.3) is 0 Å². The fourth-order valence-corrected chi connectivity index (χ4v) is 4.52. The molecule has 0 unspecified atom stereocenters. The maximum Gasteiger partial charge on any atom is 0.232 e. The molecule has 0 aromatic heterocycles. The average Bonchev–Trinajstić information content (AvgIpc) is 2.56. The molecule has 0 amide bonds. The topological polar surface area (TPSA) is 83.8 Å². The second-order valence-corrected chi connectivity index (χ2v) is 8.08. The zero-order valence-corrected chi connectivity index (χ0v) is 15.3. The predicted octanol–water partition coefficient (Wildman–Crippen LogP) is 3.82. The van der Waals surface area contributed by atoms with Crippen molar-refractivity contribution >= 4 is 11.6 Å². The van der Waals surface area contributed by atoms with Gasteiger partial charge in [0.1, 0.15) is 17.1 Å². The summed E-state index contributed by atoms with van der Waals surface area (Å²) in [4.78, 5) is 26.4. The van der Waals surface area contributed by atoms with Gasteiger partial charge in [0.2, 0.25) is 5.78 Å². The van der Waals surface area contributed by atoms with E-state index < -0.39 is 11.4 Å². The van der Waals surface area contributed by atoms with Gasteiger partial charge in [0.15, 0.2) is 11.5 Å². The number of benzene rings is 1. The fourth-order valence-electron chi connectivity index (χ4n) is 4.52. The Morgan fingerprint density at radius 3 is 2.54 bits per heavy atom. The number of fused-ring (bicyclic) bond motifs is 3. The summed E-state index contributed by atoms with van der Waals surface area (Å²) in [6.45, 7) is 7.42. The summed E-state index contributed by atoms with van der Waals surface area (Å²) < 4.78 is 6.05. The number of ether oxygens (including phenoxy) is 1. The Hall–Kier alpha value is -2.56. The standard InChI is InChI=1S/C21H22O5/c1-9-5-6-13-11(7-9)16-18(24)12-8-14(22)10(2)17(23)15(12)19(25)20(16)26-21(13,3)4/h7-8,11,13,22-23H,5-6H2,1-4H3/t11-,13-/m0/s1. The van der Waals surface area contributed by atoms with E-state index >= 15 is 0 Å². The SMILES string of the molecule is CC1=C[C@@H]2C3=C(OC(C)(C)[C@H]2CC1)C(=O)c1c(cc(O)c(C)c1O)C3=O. The van der Waals surface area contributed by atoms with E-state index in [9.17, 15) is 19.8 Å². The monoisotopic (exact) mass is 354 g/mol. The number of ketones is 2. The van der Waals surface area contributed by atoms with Crippen molar-refractivity contribution in [1.29, 1.82) is 0 Å². The van der Waals surface area contributed by atoms with E-state index in [1.165, 1.54) is 18.6 Å². The number of carbonyl (C=O) groups is 2. The number of hydrogen-bond donors (Lipinski definition) is 2. The molecule has 136 valence electrons. The summed E-state index contributed by atoms with van der Waals surface area (Å²) in [7, 11) is 0. The van der Waals surface area contributed by atoms with Crippen LogP contribution in [0.2, 0.25) is 0 Å². The van der Waals surface area contributed by atoms with Gasteiger partial charge in [-0.15, -0.1) is 0 Å². The molecule has 4 rings (SSSR count). The molecule has 0 fully saturated rings. The van der Waals surface area contributed by atoms with Crippen LogP contribution in [0.1, 0.15) is 59.9 Å². The number of rotatable bonds is 0. The van der Waals surface area contributed by atoms with E-state index in [-0.39, 0.29) is 51.6 Å². The van der Waals surface area contributed by atoms with Crippen LogP contribution in [0.3, 0.4) is 0 Å². The summed E-state index contributed by atoms with van der Waals surface area (Å²) >= 11 is 0. The Labute approximate surface area is 152 Å². The highest BCUT2D eigenvalue weighted by Gasteiger charge is 2.51. The molecule has 0 radical (unpaired) electrons. The lowest BCUT2D eigenvalue weighted by molar-refractivity contribution is -0.0493. The van der Waals surface area contributed by atoms with Crippen molar-refractivity contribution in [2.75, 3.05) is 0 Å². The van der Waals surface area contributed by atoms with Gasteiger partial charge < -0.3 is 14.9 Å². The third kappa shape index (κ3) is 2.09. The summed E-state index contributed by atoms with van der Waals surface area (Å²) in [6, 6.07) is 1.28. The van der Waals surface area contributed by atoms with E-state index in [1.54, 1.807) is 0 Å².